The molecule has 5 nitrogen and oxygen atoms in total. The Morgan fingerprint density at radius 2 is 1.86 bits per heavy atom. The number of amides is 1. The summed E-state index contributed by atoms with van der Waals surface area (Å²) in [6.07, 6.45) is 4.76. The van der Waals surface area contributed by atoms with Crippen LogP contribution in [0.2, 0.25) is 0 Å². The van der Waals surface area contributed by atoms with Crippen LogP contribution in [0.5, 0.6) is 5.75 Å². The van der Waals surface area contributed by atoms with E-state index in [0.29, 0.717) is 12.1 Å². The minimum absolute atomic E-state index is 0.0133. The average molecular weight is 390 g/mol. The van der Waals surface area contributed by atoms with Crippen LogP contribution in [0.25, 0.3) is 0 Å². The number of benzene rings is 2. The SMILES string of the molecule is CCCCCOc1ccc(C2Nc3ccccc3C(=O)N2Cc2ccco2)cc1. The number of ether oxygens (including phenoxy) is 1. The van der Waals surface area contributed by atoms with Crippen LogP contribution in [-0.4, -0.2) is 17.4 Å². The molecule has 1 amide bonds. The van der Waals surface area contributed by atoms with Crippen LogP contribution in [0, 0.1) is 0 Å². The number of hydrogen-bond donors (Lipinski definition) is 1. The standard InChI is InChI=1S/C24H26N2O3/c1-2-3-6-15-28-19-13-11-18(12-14-19)23-25-22-10-5-4-9-21(22)24(27)26(23)17-20-8-7-16-29-20/h4-5,7-14,16,23,25H,2-3,6,15,17H2,1H3. The maximum atomic E-state index is 13.2. The van der Waals surface area contributed by atoms with Gasteiger partial charge in [0.05, 0.1) is 25.0 Å². The zero-order valence-corrected chi connectivity index (χ0v) is 16.6. The molecule has 4 rings (SSSR count). The number of nitrogens with zero attached hydrogens (tertiary/aromatic N) is 1. The molecule has 0 spiro atoms. The molecule has 2 heterocycles. The third kappa shape index (κ3) is 4.29. The first kappa shape index (κ1) is 19.1. The van der Waals surface area contributed by atoms with Gasteiger partial charge >= 0.3 is 0 Å². The van der Waals surface area contributed by atoms with E-state index in [1.54, 1.807) is 11.2 Å². The van der Waals surface area contributed by atoms with E-state index in [1.165, 1.54) is 12.8 Å². The zero-order valence-electron chi connectivity index (χ0n) is 16.6. The molecule has 3 aromatic rings. The lowest BCUT2D eigenvalue weighted by atomic mass is 10.0. The van der Waals surface area contributed by atoms with E-state index in [-0.39, 0.29) is 12.1 Å². The van der Waals surface area contributed by atoms with Crippen molar-refractivity contribution >= 4 is 11.6 Å². The molecule has 0 radical (unpaired) electrons. The van der Waals surface area contributed by atoms with E-state index in [1.807, 2.05) is 60.7 Å². The average Bonchev–Trinajstić information content (AvgIpc) is 3.27. The Labute approximate surface area is 171 Å². The van der Waals surface area contributed by atoms with Gasteiger partial charge in [-0.3, -0.25) is 4.79 Å². The van der Waals surface area contributed by atoms with E-state index in [9.17, 15) is 4.79 Å². The summed E-state index contributed by atoms with van der Waals surface area (Å²) in [6, 6.07) is 19.3. The number of hydrogen-bond acceptors (Lipinski definition) is 4. The highest BCUT2D eigenvalue weighted by molar-refractivity contribution is 6.01. The second-order valence-electron chi connectivity index (χ2n) is 7.23. The predicted molar refractivity (Wildman–Crippen MR) is 113 cm³/mol. The lowest BCUT2D eigenvalue weighted by Crippen LogP contribution is -2.42. The van der Waals surface area contributed by atoms with Crippen molar-refractivity contribution in [2.24, 2.45) is 0 Å². The molecule has 0 fully saturated rings. The van der Waals surface area contributed by atoms with Crippen LogP contribution in [0.4, 0.5) is 5.69 Å². The molecule has 1 N–H and O–H groups in total. The summed E-state index contributed by atoms with van der Waals surface area (Å²) >= 11 is 0. The number of carbonyl (C=O) groups is 1. The molecule has 29 heavy (non-hydrogen) atoms. The number of nitrogens with one attached hydrogen (secondary N) is 1. The number of fused-ring (bicyclic) bond motifs is 1. The van der Waals surface area contributed by atoms with E-state index in [4.69, 9.17) is 9.15 Å². The topological polar surface area (TPSA) is 54.7 Å². The van der Waals surface area contributed by atoms with Crippen molar-refractivity contribution in [3.8, 4) is 5.75 Å². The molecule has 1 aliphatic heterocycles. The molecule has 2 aromatic carbocycles. The second-order valence-corrected chi connectivity index (χ2v) is 7.23. The first-order valence-corrected chi connectivity index (χ1v) is 10.2. The van der Waals surface area contributed by atoms with Gasteiger partial charge in [-0.25, -0.2) is 0 Å². The number of para-hydroxylation sites is 1. The van der Waals surface area contributed by atoms with Crippen LogP contribution in [-0.2, 0) is 6.54 Å². The minimum Gasteiger partial charge on any atom is -0.494 e. The Morgan fingerprint density at radius 3 is 2.62 bits per heavy atom. The largest absolute Gasteiger partial charge is 0.494 e. The highest BCUT2D eigenvalue weighted by Crippen LogP contribution is 2.34. The molecule has 1 aliphatic rings. The maximum Gasteiger partial charge on any atom is 0.258 e. The molecular formula is C24H26N2O3. The zero-order chi connectivity index (χ0) is 20.1. The van der Waals surface area contributed by atoms with Gasteiger partial charge in [-0.15, -0.1) is 0 Å². The highest BCUT2D eigenvalue weighted by atomic mass is 16.5. The van der Waals surface area contributed by atoms with Crippen molar-refractivity contribution in [2.75, 3.05) is 11.9 Å². The van der Waals surface area contributed by atoms with E-state index >= 15 is 0 Å². The van der Waals surface area contributed by atoms with Gasteiger partial charge in [-0.2, -0.15) is 0 Å². The first-order valence-electron chi connectivity index (χ1n) is 10.2. The lowest BCUT2D eigenvalue weighted by Gasteiger charge is -2.37. The monoisotopic (exact) mass is 390 g/mol. The Hall–Kier alpha value is -3.21. The minimum atomic E-state index is -0.281. The lowest BCUT2D eigenvalue weighted by molar-refractivity contribution is 0.0651. The molecular weight excluding hydrogens is 364 g/mol. The summed E-state index contributed by atoms with van der Waals surface area (Å²) in [4.78, 5) is 15.0. The molecule has 0 saturated carbocycles. The Morgan fingerprint density at radius 1 is 1.03 bits per heavy atom. The van der Waals surface area contributed by atoms with E-state index < -0.39 is 0 Å². The number of carbonyl (C=O) groups excluding carboxylic acids is 1. The van der Waals surface area contributed by atoms with Crippen LogP contribution < -0.4 is 10.1 Å². The molecule has 1 aromatic heterocycles. The van der Waals surface area contributed by atoms with Gasteiger partial charge in [0, 0.05) is 5.69 Å². The summed E-state index contributed by atoms with van der Waals surface area (Å²) in [5, 5.41) is 3.51. The molecule has 0 aliphatic carbocycles. The van der Waals surface area contributed by atoms with Crippen LogP contribution in [0.15, 0.2) is 71.3 Å². The van der Waals surface area contributed by atoms with E-state index in [0.717, 1.165) is 35.8 Å². The van der Waals surface area contributed by atoms with Gasteiger partial charge < -0.3 is 19.4 Å². The smallest absolute Gasteiger partial charge is 0.258 e. The van der Waals surface area contributed by atoms with Crippen molar-refractivity contribution in [3.05, 3.63) is 83.8 Å². The summed E-state index contributed by atoms with van der Waals surface area (Å²) in [5.74, 6) is 1.59. The Kier molecular flexibility index (Phi) is 5.84. The maximum absolute atomic E-state index is 13.2. The number of anilines is 1. The Balaban J connectivity index is 1.57. The molecule has 1 atom stereocenters. The fourth-order valence-electron chi connectivity index (χ4n) is 3.58. The third-order valence-electron chi connectivity index (χ3n) is 5.14. The number of furan rings is 1. The fourth-order valence-corrected chi connectivity index (χ4v) is 3.58. The second kappa shape index (κ2) is 8.86. The van der Waals surface area contributed by atoms with Crippen molar-refractivity contribution in [2.45, 2.75) is 38.9 Å². The van der Waals surface area contributed by atoms with Crippen LogP contribution in [0.3, 0.4) is 0 Å². The van der Waals surface area contributed by atoms with Crippen molar-refractivity contribution < 1.29 is 13.9 Å². The van der Waals surface area contributed by atoms with Gasteiger partial charge in [-0.05, 0) is 48.4 Å². The first-order chi connectivity index (χ1) is 14.3. The van der Waals surface area contributed by atoms with Gasteiger partial charge in [0.25, 0.3) is 5.91 Å². The van der Waals surface area contributed by atoms with Crippen molar-refractivity contribution in [3.63, 3.8) is 0 Å². The van der Waals surface area contributed by atoms with Gasteiger partial charge in [0.2, 0.25) is 0 Å². The fraction of sp³-hybridized carbons (Fsp3) is 0.292. The highest BCUT2D eigenvalue weighted by Gasteiger charge is 2.33. The number of unbranched alkanes of at least 4 members (excludes halogenated alkanes) is 2. The molecule has 1 unspecified atom stereocenters. The molecule has 0 saturated heterocycles. The Bertz CT molecular complexity index is 935. The van der Waals surface area contributed by atoms with Crippen LogP contribution >= 0.6 is 0 Å². The molecule has 5 heteroatoms. The summed E-state index contributed by atoms with van der Waals surface area (Å²) < 4.78 is 11.3. The number of rotatable bonds is 8. The van der Waals surface area contributed by atoms with Gasteiger partial charge in [-0.1, -0.05) is 44.0 Å². The summed E-state index contributed by atoms with van der Waals surface area (Å²) in [7, 11) is 0. The third-order valence-corrected chi connectivity index (χ3v) is 5.14. The van der Waals surface area contributed by atoms with Gasteiger partial charge in [0.1, 0.15) is 17.7 Å². The summed E-state index contributed by atoms with van der Waals surface area (Å²) in [5.41, 5.74) is 2.52. The quantitative estimate of drug-likeness (QED) is 0.508. The van der Waals surface area contributed by atoms with Crippen molar-refractivity contribution in [1.29, 1.82) is 0 Å². The molecule has 0 bridgehead atoms. The van der Waals surface area contributed by atoms with E-state index in [2.05, 4.69) is 12.2 Å². The van der Waals surface area contributed by atoms with Crippen LogP contribution in [0.1, 0.15) is 54.0 Å². The van der Waals surface area contributed by atoms with Crippen molar-refractivity contribution in [1.82, 2.24) is 4.90 Å². The predicted octanol–water partition coefficient (Wildman–Crippen LogP) is 5.62. The van der Waals surface area contributed by atoms with Gasteiger partial charge in [0.15, 0.2) is 0 Å². The molecule has 150 valence electrons. The summed E-state index contributed by atoms with van der Waals surface area (Å²) in [6.45, 7) is 3.30. The normalized spacial score (nSPS) is 15.7.